The Morgan fingerprint density at radius 2 is 2.00 bits per heavy atom. The highest BCUT2D eigenvalue weighted by Crippen LogP contribution is 2.31. The SMILES string of the molecule is NC(c1cscn1)c1ccccc1OC(F)(F)F. The number of para-hydroxylation sites is 1. The van der Waals surface area contributed by atoms with Crippen LogP contribution >= 0.6 is 11.3 Å². The maximum Gasteiger partial charge on any atom is 0.573 e. The van der Waals surface area contributed by atoms with Crippen LogP contribution in [0.25, 0.3) is 0 Å². The number of hydrogen-bond acceptors (Lipinski definition) is 4. The maximum absolute atomic E-state index is 12.3. The third-order valence-corrected chi connectivity index (χ3v) is 2.85. The van der Waals surface area contributed by atoms with Crippen LogP contribution in [0.4, 0.5) is 13.2 Å². The Morgan fingerprint density at radius 1 is 1.28 bits per heavy atom. The Kier molecular flexibility index (Phi) is 3.53. The van der Waals surface area contributed by atoms with Gasteiger partial charge in [-0.1, -0.05) is 18.2 Å². The highest BCUT2D eigenvalue weighted by Gasteiger charge is 2.32. The molecule has 0 aliphatic rings. The van der Waals surface area contributed by atoms with E-state index in [1.54, 1.807) is 17.0 Å². The second-order valence-electron chi connectivity index (χ2n) is 3.48. The number of hydrogen-bond donors (Lipinski definition) is 1. The van der Waals surface area contributed by atoms with Gasteiger partial charge in [0.15, 0.2) is 0 Å². The molecule has 0 saturated heterocycles. The van der Waals surface area contributed by atoms with Gasteiger partial charge < -0.3 is 10.5 Å². The van der Waals surface area contributed by atoms with Crippen molar-refractivity contribution in [3.05, 3.63) is 46.4 Å². The van der Waals surface area contributed by atoms with Gasteiger partial charge in [-0.25, -0.2) is 4.98 Å². The van der Waals surface area contributed by atoms with E-state index in [0.29, 0.717) is 5.69 Å². The van der Waals surface area contributed by atoms with E-state index in [-0.39, 0.29) is 11.3 Å². The molecule has 0 spiro atoms. The van der Waals surface area contributed by atoms with Crippen molar-refractivity contribution in [3.63, 3.8) is 0 Å². The predicted octanol–water partition coefficient (Wildman–Crippen LogP) is 3.09. The topological polar surface area (TPSA) is 48.1 Å². The third kappa shape index (κ3) is 2.99. The second-order valence-corrected chi connectivity index (χ2v) is 4.20. The first kappa shape index (κ1) is 12.8. The van der Waals surface area contributed by atoms with E-state index in [2.05, 4.69) is 9.72 Å². The molecule has 1 unspecified atom stereocenters. The third-order valence-electron chi connectivity index (χ3n) is 2.25. The molecule has 1 atom stereocenters. The number of rotatable bonds is 3. The fourth-order valence-corrected chi connectivity index (χ4v) is 2.08. The minimum Gasteiger partial charge on any atom is -0.405 e. The van der Waals surface area contributed by atoms with Crippen molar-refractivity contribution in [1.82, 2.24) is 4.98 Å². The molecule has 0 amide bonds. The van der Waals surface area contributed by atoms with Crippen LogP contribution in [0, 0.1) is 0 Å². The van der Waals surface area contributed by atoms with Crippen LogP contribution < -0.4 is 10.5 Å². The largest absolute Gasteiger partial charge is 0.573 e. The van der Waals surface area contributed by atoms with Gasteiger partial charge in [-0.05, 0) is 6.07 Å². The molecule has 1 aromatic heterocycles. The summed E-state index contributed by atoms with van der Waals surface area (Å²) in [5.74, 6) is -0.300. The molecule has 3 nitrogen and oxygen atoms in total. The summed E-state index contributed by atoms with van der Waals surface area (Å²) in [6.45, 7) is 0. The molecule has 2 rings (SSSR count). The quantitative estimate of drug-likeness (QED) is 0.935. The summed E-state index contributed by atoms with van der Waals surface area (Å²) in [7, 11) is 0. The zero-order valence-corrected chi connectivity index (χ0v) is 9.83. The molecule has 0 bridgehead atoms. The normalized spacial score (nSPS) is 13.3. The smallest absolute Gasteiger partial charge is 0.405 e. The Labute approximate surface area is 105 Å². The molecule has 18 heavy (non-hydrogen) atoms. The number of nitrogens with two attached hydrogens (primary N) is 1. The van der Waals surface area contributed by atoms with Gasteiger partial charge in [-0.15, -0.1) is 24.5 Å². The molecule has 7 heteroatoms. The monoisotopic (exact) mass is 274 g/mol. The summed E-state index contributed by atoms with van der Waals surface area (Å²) in [6, 6.07) is 5.04. The van der Waals surface area contributed by atoms with E-state index < -0.39 is 12.4 Å². The van der Waals surface area contributed by atoms with Crippen LogP contribution in [0.15, 0.2) is 35.2 Å². The molecule has 0 aliphatic carbocycles. The molecule has 0 radical (unpaired) electrons. The highest BCUT2D eigenvalue weighted by atomic mass is 32.1. The van der Waals surface area contributed by atoms with Crippen LogP contribution in [-0.2, 0) is 0 Å². The average molecular weight is 274 g/mol. The minimum absolute atomic E-state index is 0.251. The van der Waals surface area contributed by atoms with Gasteiger partial charge in [0.2, 0.25) is 0 Å². The lowest BCUT2D eigenvalue weighted by atomic mass is 10.0. The summed E-state index contributed by atoms with van der Waals surface area (Å²) < 4.78 is 40.7. The minimum atomic E-state index is -4.74. The van der Waals surface area contributed by atoms with Gasteiger partial charge in [0, 0.05) is 10.9 Å². The number of nitrogens with zero attached hydrogens (tertiary/aromatic N) is 1. The Hall–Kier alpha value is -1.60. The first-order valence-electron chi connectivity index (χ1n) is 4.96. The zero-order valence-electron chi connectivity index (χ0n) is 9.02. The van der Waals surface area contributed by atoms with Crippen LogP contribution in [0.3, 0.4) is 0 Å². The van der Waals surface area contributed by atoms with Crippen LogP contribution in [0.2, 0.25) is 0 Å². The van der Waals surface area contributed by atoms with Crippen molar-refractivity contribution in [1.29, 1.82) is 0 Å². The predicted molar refractivity (Wildman–Crippen MR) is 61.3 cm³/mol. The summed E-state index contributed by atoms with van der Waals surface area (Å²) in [6.07, 6.45) is -4.74. The lowest BCUT2D eigenvalue weighted by Gasteiger charge is -2.16. The van der Waals surface area contributed by atoms with Gasteiger partial charge in [-0.2, -0.15) is 0 Å². The van der Waals surface area contributed by atoms with E-state index in [1.807, 2.05) is 0 Å². The van der Waals surface area contributed by atoms with E-state index in [4.69, 9.17) is 5.73 Å². The molecule has 1 aromatic carbocycles. The fraction of sp³-hybridized carbons (Fsp3) is 0.182. The number of ether oxygens (including phenoxy) is 1. The van der Waals surface area contributed by atoms with Crippen molar-refractivity contribution in [2.75, 3.05) is 0 Å². The van der Waals surface area contributed by atoms with Gasteiger partial charge in [-0.3, -0.25) is 0 Å². The Bertz CT molecular complexity index is 513. The molecule has 0 fully saturated rings. The highest BCUT2D eigenvalue weighted by molar-refractivity contribution is 7.07. The average Bonchev–Trinajstić information content (AvgIpc) is 2.80. The van der Waals surface area contributed by atoms with Gasteiger partial charge >= 0.3 is 6.36 Å². The molecule has 1 heterocycles. The van der Waals surface area contributed by atoms with E-state index in [1.165, 1.54) is 29.5 Å². The number of halogens is 3. The molecular formula is C11H9F3N2OS. The molecule has 96 valence electrons. The summed E-state index contributed by atoms with van der Waals surface area (Å²) in [5.41, 5.74) is 8.21. The molecule has 0 aliphatic heterocycles. The molecule has 2 aromatic rings. The van der Waals surface area contributed by atoms with E-state index in [9.17, 15) is 13.2 Å². The first-order valence-corrected chi connectivity index (χ1v) is 5.90. The lowest BCUT2D eigenvalue weighted by molar-refractivity contribution is -0.274. The van der Waals surface area contributed by atoms with Crippen molar-refractivity contribution >= 4 is 11.3 Å². The van der Waals surface area contributed by atoms with Crippen molar-refractivity contribution in [3.8, 4) is 5.75 Å². The first-order chi connectivity index (χ1) is 8.47. The van der Waals surface area contributed by atoms with Crippen LogP contribution in [-0.4, -0.2) is 11.3 Å². The van der Waals surface area contributed by atoms with Gasteiger partial charge in [0.05, 0.1) is 17.2 Å². The standard InChI is InChI=1S/C11H9F3N2OS/c12-11(13,14)17-9-4-2-1-3-7(9)10(15)8-5-18-6-16-8/h1-6,10H,15H2. The number of thiazole rings is 1. The number of benzene rings is 1. The second kappa shape index (κ2) is 4.95. The zero-order chi connectivity index (χ0) is 13.2. The fourth-order valence-electron chi connectivity index (χ4n) is 1.49. The van der Waals surface area contributed by atoms with E-state index >= 15 is 0 Å². The summed E-state index contributed by atoms with van der Waals surface area (Å²) in [5, 5.41) is 1.69. The molecule has 2 N–H and O–H groups in total. The molecule has 0 saturated carbocycles. The lowest BCUT2D eigenvalue weighted by Crippen LogP contribution is -2.20. The van der Waals surface area contributed by atoms with Gasteiger partial charge in [0.1, 0.15) is 5.75 Å². The number of aromatic nitrogens is 1. The Morgan fingerprint density at radius 3 is 2.61 bits per heavy atom. The molecular weight excluding hydrogens is 265 g/mol. The summed E-state index contributed by atoms with van der Waals surface area (Å²) in [4.78, 5) is 3.99. The van der Waals surface area contributed by atoms with Crippen LogP contribution in [0.5, 0.6) is 5.75 Å². The van der Waals surface area contributed by atoms with Crippen molar-refractivity contribution in [2.24, 2.45) is 5.73 Å². The van der Waals surface area contributed by atoms with Crippen molar-refractivity contribution in [2.45, 2.75) is 12.4 Å². The van der Waals surface area contributed by atoms with Crippen molar-refractivity contribution < 1.29 is 17.9 Å². The number of alkyl halides is 3. The summed E-state index contributed by atoms with van der Waals surface area (Å²) >= 11 is 1.33. The maximum atomic E-state index is 12.3. The van der Waals surface area contributed by atoms with E-state index in [0.717, 1.165) is 0 Å². The van der Waals surface area contributed by atoms with Gasteiger partial charge in [0.25, 0.3) is 0 Å². The Balaban J connectivity index is 2.33. The van der Waals surface area contributed by atoms with Crippen LogP contribution in [0.1, 0.15) is 17.3 Å².